The molecule has 2 aromatic heterocycles. The number of aromatic nitrogens is 4. The molecule has 1 unspecified atom stereocenters. The maximum absolute atomic E-state index is 4.82. The molecular formula is C19H17N5. The summed E-state index contributed by atoms with van der Waals surface area (Å²) in [5, 5.41) is 13.0. The highest BCUT2D eigenvalue weighted by Gasteiger charge is 2.37. The van der Waals surface area contributed by atoms with E-state index in [0.717, 1.165) is 39.3 Å². The molecule has 5 rings (SSSR count). The lowest BCUT2D eigenvalue weighted by Gasteiger charge is -2.09. The molecule has 118 valence electrons. The van der Waals surface area contributed by atoms with Crippen molar-refractivity contribution in [2.45, 2.75) is 19.3 Å². The van der Waals surface area contributed by atoms with Gasteiger partial charge in [-0.25, -0.2) is 9.97 Å². The molecule has 24 heavy (non-hydrogen) atoms. The molecule has 4 aromatic rings. The van der Waals surface area contributed by atoms with E-state index in [-0.39, 0.29) is 0 Å². The molecule has 1 aliphatic rings. The van der Waals surface area contributed by atoms with E-state index in [1.54, 1.807) is 0 Å². The Balaban J connectivity index is 1.65. The first-order valence-corrected chi connectivity index (χ1v) is 8.26. The molecule has 2 atom stereocenters. The minimum Gasteiger partial charge on any atom is -0.322 e. The average Bonchev–Trinajstić information content (AvgIpc) is 3.22. The van der Waals surface area contributed by atoms with E-state index in [9.17, 15) is 0 Å². The maximum Gasteiger partial charge on any atom is 0.161 e. The highest BCUT2D eigenvalue weighted by molar-refractivity contribution is 5.96. The number of aromatic amines is 1. The Kier molecular flexibility index (Phi) is 2.82. The minimum absolute atomic E-state index is 0.478. The van der Waals surface area contributed by atoms with Crippen LogP contribution in [0.3, 0.4) is 0 Å². The molecular weight excluding hydrogens is 298 g/mol. The van der Waals surface area contributed by atoms with Crippen molar-refractivity contribution in [1.82, 2.24) is 20.2 Å². The van der Waals surface area contributed by atoms with Crippen LogP contribution in [-0.4, -0.2) is 20.2 Å². The van der Waals surface area contributed by atoms with Crippen LogP contribution in [0.15, 0.2) is 48.5 Å². The Morgan fingerprint density at radius 3 is 2.54 bits per heavy atom. The summed E-state index contributed by atoms with van der Waals surface area (Å²) in [4.78, 5) is 9.58. The van der Waals surface area contributed by atoms with E-state index in [1.807, 2.05) is 42.5 Å². The number of hydrogen-bond donors (Lipinski definition) is 2. The third kappa shape index (κ3) is 2.12. The van der Waals surface area contributed by atoms with Crippen LogP contribution in [0.4, 0.5) is 11.6 Å². The zero-order valence-electron chi connectivity index (χ0n) is 13.3. The van der Waals surface area contributed by atoms with E-state index in [0.29, 0.717) is 11.8 Å². The van der Waals surface area contributed by atoms with E-state index in [2.05, 4.69) is 28.5 Å². The first-order chi connectivity index (χ1) is 11.8. The second kappa shape index (κ2) is 5.03. The van der Waals surface area contributed by atoms with Crippen molar-refractivity contribution in [3.8, 4) is 0 Å². The predicted molar refractivity (Wildman–Crippen MR) is 95.4 cm³/mol. The molecule has 2 N–H and O–H groups in total. The Bertz CT molecular complexity index is 1050. The molecule has 2 heterocycles. The number of para-hydroxylation sites is 2. The second-order valence-electron chi connectivity index (χ2n) is 6.51. The van der Waals surface area contributed by atoms with Crippen molar-refractivity contribution in [3.05, 3.63) is 54.4 Å². The summed E-state index contributed by atoms with van der Waals surface area (Å²) in [6, 6.07) is 16.2. The number of nitrogens with zero attached hydrogens (tertiary/aromatic N) is 3. The zero-order chi connectivity index (χ0) is 16.1. The van der Waals surface area contributed by atoms with Crippen molar-refractivity contribution < 1.29 is 0 Å². The lowest BCUT2D eigenvalue weighted by molar-refractivity contribution is 0.853. The summed E-state index contributed by atoms with van der Waals surface area (Å²) in [7, 11) is 0. The standard InChI is InChI=1S/C19H17N5/c1-11-10-14(11)18-20-15-8-4-2-6-12(15)17(21-18)22-19-13-7-3-5-9-16(13)23-24-19/h2-9,11,14H,10H2,1H3,(H2,20,21,22,23,24)/t11-,14?/m1/s1. The summed E-state index contributed by atoms with van der Waals surface area (Å²) >= 11 is 0. The van der Waals surface area contributed by atoms with Gasteiger partial charge in [0.2, 0.25) is 0 Å². The van der Waals surface area contributed by atoms with Gasteiger partial charge in [-0.15, -0.1) is 0 Å². The molecule has 1 fully saturated rings. The van der Waals surface area contributed by atoms with Gasteiger partial charge in [-0.1, -0.05) is 31.2 Å². The summed E-state index contributed by atoms with van der Waals surface area (Å²) in [5.41, 5.74) is 1.98. The Morgan fingerprint density at radius 1 is 0.958 bits per heavy atom. The molecule has 0 spiro atoms. The largest absolute Gasteiger partial charge is 0.322 e. The van der Waals surface area contributed by atoms with Crippen molar-refractivity contribution in [3.63, 3.8) is 0 Å². The highest BCUT2D eigenvalue weighted by atomic mass is 15.2. The number of benzene rings is 2. The number of rotatable bonds is 3. The van der Waals surface area contributed by atoms with Crippen molar-refractivity contribution in [2.24, 2.45) is 5.92 Å². The van der Waals surface area contributed by atoms with Gasteiger partial charge in [-0.2, -0.15) is 5.10 Å². The van der Waals surface area contributed by atoms with Gasteiger partial charge in [-0.3, -0.25) is 5.10 Å². The summed E-state index contributed by atoms with van der Waals surface area (Å²) in [6.45, 7) is 2.25. The van der Waals surface area contributed by atoms with Gasteiger partial charge < -0.3 is 5.32 Å². The zero-order valence-corrected chi connectivity index (χ0v) is 13.3. The minimum atomic E-state index is 0.478. The fourth-order valence-corrected chi connectivity index (χ4v) is 3.21. The second-order valence-corrected chi connectivity index (χ2v) is 6.51. The topological polar surface area (TPSA) is 66.5 Å². The molecule has 5 heteroatoms. The van der Waals surface area contributed by atoms with Gasteiger partial charge in [0.05, 0.1) is 11.0 Å². The van der Waals surface area contributed by atoms with Crippen LogP contribution >= 0.6 is 0 Å². The Morgan fingerprint density at radius 2 is 1.71 bits per heavy atom. The van der Waals surface area contributed by atoms with Gasteiger partial charge in [-0.05, 0) is 36.6 Å². The highest BCUT2D eigenvalue weighted by Crippen LogP contribution is 2.46. The Labute approximate surface area is 139 Å². The summed E-state index contributed by atoms with van der Waals surface area (Å²) < 4.78 is 0. The number of fused-ring (bicyclic) bond motifs is 2. The van der Waals surface area contributed by atoms with Crippen LogP contribution in [0.25, 0.3) is 21.8 Å². The monoisotopic (exact) mass is 315 g/mol. The van der Waals surface area contributed by atoms with Crippen molar-refractivity contribution in [1.29, 1.82) is 0 Å². The van der Waals surface area contributed by atoms with Crippen LogP contribution in [0.2, 0.25) is 0 Å². The fraction of sp³-hybridized carbons (Fsp3) is 0.211. The quantitative estimate of drug-likeness (QED) is 0.589. The molecule has 0 radical (unpaired) electrons. The SMILES string of the molecule is C[C@@H]1CC1c1nc(Nc2n[nH]c3ccccc23)c2ccccc2n1. The van der Waals surface area contributed by atoms with Crippen LogP contribution in [0.1, 0.15) is 25.1 Å². The molecule has 1 aliphatic carbocycles. The Hall–Kier alpha value is -2.95. The van der Waals surface area contributed by atoms with E-state index >= 15 is 0 Å². The van der Waals surface area contributed by atoms with Gasteiger partial charge >= 0.3 is 0 Å². The van der Waals surface area contributed by atoms with Gasteiger partial charge in [0.1, 0.15) is 11.6 Å². The van der Waals surface area contributed by atoms with Crippen molar-refractivity contribution >= 4 is 33.4 Å². The lowest BCUT2D eigenvalue weighted by Crippen LogP contribution is -2.02. The first kappa shape index (κ1) is 13.5. The molecule has 2 aromatic carbocycles. The van der Waals surface area contributed by atoms with Gasteiger partial charge in [0, 0.05) is 16.7 Å². The van der Waals surface area contributed by atoms with Crippen LogP contribution in [0, 0.1) is 5.92 Å². The molecule has 0 bridgehead atoms. The van der Waals surface area contributed by atoms with E-state index < -0.39 is 0 Å². The normalized spacial score (nSPS) is 19.7. The predicted octanol–water partition coefficient (Wildman–Crippen LogP) is 4.37. The molecule has 1 saturated carbocycles. The summed E-state index contributed by atoms with van der Waals surface area (Å²) in [6.07, 6.45) is 1.17. The number of hydrogen-bond acceptors (Lipinski definition) is 4. The van der Waals surface area contributed by atoms with Crippen LogP contribution < -0.4 is 5.32 Å². The summed E-state index contributed by atoms with van der Waals surface area (Å²) in [5.74, 6) is 3.70. The number of nitrogens with one attached hydrogen (secondary N) is 2. The first-order valence-electron chi connectivity index (χ1n) is 8.26. The molecule has 0 amide bonds. The maximum atomic E-state index is 4.82. The third-order valence-corrected chi connectivity index (χ3v) is 4.77. The fourth-order valence-electron chi connectivity index (χ4n) is 3.21. The molecule has 0 saturated heterocycles. The van der Waals surface area contributed by atoms with Gasteiger partial charge in [0.25, 0.3) is 0 Å². The van der Waals surface area contributed by atoms with E-state index in [1.165, 1.54) is 6.42 Å². The average molecular weight is 315 g/mol. The smallest absolute Gasteiger partial charge is 0.161 e. The third-order valence-electron chi connectivity index (χ3n) is 4.77. The van der Waals surface area contributed by atoms with Crippen molar-refractivity contribution in [2.75, 3.05) is 5.32 Å². The number of H-pyrrole nitrogens is 1. The van der Waals surface area contributed by atoms with Gasteiger partial charge in [0.15, 0.2) is 5.82 Å². The number of anilines is 2. The van der Waals surface area contributed by atoms with Crippen LogP contribution in [0.5, 0.6) is 0 Å². The van der Waals surface area contributed by atoms with Crippen LogP contribution in [-0.2, 0) is 0 Å². The molecule has 0 aliphatic heterocycles. The van der Waals surface area contributed by atoms with E-state index in [4.69, 9.17) is 9.97 Å². The lowest BCUT2D eigenvalue weighted by atomic mass is 10.2. The molecule has 5 nitrogen and oxygen atoms in total.